The molecule has 21 heavy (non-hydrogen) atoms. The van der Waals surface area contributed by atoms with Gasteiger partial charge in [0, 0.05) is 6.20 Å². The van der Waals surface area contributed by atoms with Crippen LogP contribution < -0.4 is 5.32 Å². The summed E-state index contributed by atoms with van der Waals surface area (Å²) in [7, 11) is 0. The smallest absolute Gasteiger partial charge is 0.275 e. The summed E-state index contributed by atoms with van der Waals surface area (Å²) in [6, 6.07) is 9.87. The van der Waals surface area contributed by atoms with Gasteiger partial charge in [-0.05, 0) is 30.2 Å². The molecular weight excluding hydrogens is 268 g/mol. The number of nitriles is 1. The minimum Gasteiger partial charge on any atom is -0.384 e. The molecule has 2 heterocycles. The average molecular weight is 278 g/mol. The Labute approximate surface area is 121 Å². The number of aliphatic hydroxyl groups excluding tert-OH is 1. The molecule has 2 aromatic heterocycles. The van der Waals surface area contributed by atoms with E-state index < -0.39 is 5.91 Å². The van der Waals surface area contributed by atoms with E-state index in [2.05, 4.69) is 27.1 Å². The van der Waals surface area contributed by atoms with Gasteiger partial charge in [0.05, 0.1) is 5.56 Å². The number of aromatic nitrogens is 2. The van der Waals surface area contributed by atoms with Gasteiger partial charge < -0.3 is 10.4 Å². The number of nitrogens with one attached hydrogen (secondary N) is 1. The Kier molecular flexibility index (Phi) is 4.60. The molecule has 0 saturated carbocycles. The van der Waals surface area contributed by atoms with Crippen LogP contribution >= 0.6 is 0 Å². The number of carbonyl (C=O) groups is 1. The predicted molar refractivity (Wildman–Crippen MR) is 75.1 cm³/mol. The van der Waals surface area contributed by atoms with Gasteiger partial charge in [0.2, 0.25) is 0 Å². The third-order valence-corrected chi connectivity index (χ3v) is 2.41. The number of pyridine rings is 2. The SMILES string of the molecule is N#Cc1ccc(C(=O)Nc2cccc(C#CCO)n2)nc1. The fraction of sp³-hybridized carbons (Fsp3) is 0.0667. The molecule has 2 N–H and O–H groups in total. The zero-order valence-electron chi connectivity index (χ0n) is 10.9. The van der Waals surface area contributed by atoms with Crippen molar-refractivity contribution in [2.75, 3.05) is 11.9 Å². The second-order valence-electron chi connectivity index (χ2n) is 3.87. The highest BCUT2D eigenvalue weighted by molar-refractivity contribution is 6.02. The molecule has 6 nitrogen and oxygen atoms in total. The van der Waals surface area contributed by atoms with E-state index in [1.807, 2.05) is 6.07 Å². The van der Waals surface area contributed by atoms with E-state index in [0.29, 0.717) is 17.1 Å². The standard InChI is InChI=1S/C15H10N4O2/c16-9-11-6-7-13(17-10-11)15(21)19-14-5-1-3-12(18-14)4-2-8-20/h1,3,5-7,10,20H,8H2,(H,18,19,21). The third kappa shape index (κ3) is 3.87. The first-order valence-corrected chi connectivity index (χ1v) is 5.97. The highest BCUT2D eigenvalue weighted by atomic mass is 16.2. The highest BCUT2D eigenvalue weighted by Crippen LogP contribution is 2.07. The minimum absolute atomic E-state index is 0.183. The number of amides is 1. The summed E-state index contributed by atoms with van der Waals surface area (Å²) in [6.07, 6.45) is 1.32. The monoisotopic (exact) mass is 278 g/mol. The Hall–Kier alpha value is -3.22. The third-order valence-electron chi connectivity index (χ3n) is 2.41. The summed E-state index contributed by atoms with van der Waals surface area (Å²) in [5, 5.41) is 19.9. The molecule has 0 fully saturated rings. The normalized spacial score (nSPS) is 9.14. The zero-order chi connectivity index (χ0) is 15.1. The summed E-state index contributed by atoms with van der Waals surface area (Å²) in [6.45, 7) is -0.257. The summed E-state index contributed by atoms with van der Waals surface area (Å²) in [4.78, 5) is 20.0. The molecule has 0 saturated heterocycles. The van der Waals surface area contributed by atoms with Crippen LogP contribution in [0.2, 0.25) is 0 Å². The average Bonchev–Trinajstić information content (AvgIpc) is 2.53. The molecule has 0 aliphatic rings. The molecule has 0 aliphatic carbocycles. The molecule has 102 valence electrons. The second-order valence-corrected chi connectivity index (χ2v) is 3.87. The first-order chi connectivity index (χ1) is 10.2. The number of aliphatic hydroxyl groups is 1. The van der Waals surface area contributed by atoms with Gasteiger partial charge in [0.15, 0.2) is 0 Å². The maximum Gasteiger partial charge on any atom is 0.275 e. The van der Waals surface area contributed by atoms with Gasteiger partial charge in [-0.1, -0.05) is 12.0 Å². The first-order valence-electron chi connectivity index (χ1n) is 5.97. The summed E-state index contributed by atoms with van der Waals surface area (Å²) < 4.78 is 0. The Morgan fingerprint density at radius 3 is 2.86 bits per heavy atom. The van der Waals surface area contributed by atoms with E-state index >= 15 is 0 Å². The lowest BCUT2D eigenvalue weighted by molar-refractivity contribution is 0.102. The van der Waals surface area contributed by atoms with Crippen molar-refractivity contribution in [1.29, 1.82) is 5.26 Å². The lowest BCUT2D eigenvalue weighted by Crippen LogP contribution is -2.14. The fourth-order valence-electron chi connectivity index (χ4n) is 1.48. The number of hydrogen-bond acceptors (Lipinski definition) is 5. The number of hydrogen-bond donors (Lipinski definition) is 2. The molecule has 6 heteroatoms. The van der Waals surface area contributed by atoms with Crippen LogP contribution in [0.25, 0.3) is 0 Å². The molecule has 0 radical (unpaired) electrons. The van der Waals surface area contributed by atoms with Crippen molar-refractivity contribution in [2.45, 2.75) is 0 Å². The van der Waals surface area contributed by atoms with Crippen LogP contribution in [0.1, 0.15) is 21.7 Å². The lowest BCUT2D eigenvalue weighted by atomic mass is 10.2. The maximum atomic E-state index is 12.0. The number of anilines is 1. The number of rotatable bonds is 2. The van der Waals surface area contributed by atoms with Crippen molar-refractivity contribution in [3.63, 3.8) is 0 Å². The topological polar surface area (TPSA) is 98.9 Å². The van der Waals surface area contributed by atoms with E-state index in [0.717, 1.165) is 0 Å². The van der Waals surface area contributed by atoms with Crippen LogP contribution in [0, 0.1) is 23.2 Å². The van der Waals surface area contributed by atoms with Crippen LogP contribution in [0.4, 0.5) is 5.82 Å². The van der Waals surface area contributed by atoms with Crippen molar-refractivity contribution in [3.05, 3.63) is 53.5 Å². The van der Waals surface area contributed by atoms with E-state index in [1.165, 1.54) is 18.3 Å². The highest BCUT2D eigenvalue weighted by Gasteiger charge is 2.08. The van der Waals surface area contributed by atoms with Crippen LogP contribution in [-0.2, 0) is 0 Å². The van der Waals surface area contributed by atoms with Crippen molar-refractivity contribution >= 4 is 11.7 Å². The van der Waals surface area contributed by atoms with Gasteiger partial charge in [-0.15, -0.1) is 0 Å². The van der Waals surface area contributed by atoms with Gasteiger partial charge in [0.25, 0.3) is 5.91 Å². The Morgan fingerprint density at radius 1 is 1.33 bits per heavy atom. The molecule has 0 spiro atoms. The molecular formula is C15H10N4O2. The molecule has 2 rings (SSSR count). The summed E-state index contributed by atoms with van der Waals surface area (Å²) in [5.41, 5.74) is 1.00. The Bertz CT molecular complexity index is 752. The number of nitrogens with zero attached hydrogens (tertiary/aromatic N) is 3. The van der Waals surface area contributed by atoms with E-state index in [-0.39, 0.29) is 12.3 Å². The van der Waals surface area contributed by atoms with Gasteiger partial charge >= 0.3 is 0 Å². The first kappa shape index (κ1) is 14.2. The Balaban J connectivity index is 2.13. The lowest BCUT2D eigenvalue weighted by Gasteiger charge is -2.04. The molecule has 2 aromatic rings. The van der Waals surface area contributed by atoms with Crippen molar-refractivity contribution in [1.82, 2.24) is 9.97 Å². The minimum atomic E-state index is -0.431. The van der Waals surface area contributed by atoms with E-state index in [4.69, 9.17) is 10.4 Å². The largest absolute Gasteiger partial charge is 0.384 e. The predicted octanol–water partition coefficient (Wildman–Crippen LogP) is 0.944. The molecule has 0 bridgehead atoms. The van der Waals surface area contributed by atoms with Crippen molar-refractivity contribution in [3.8, 4) is 17.9 Å². The van der Waals surface area contributed by atoms with Gasteiger partial charge in [0.1, 0.15) is 29.9 Å². The van der Waals surface area contributed by atoms with Crippen molar-refractivity contribution < 1.29 is 9.90 Å². The molecule has 1 amide bonds. The second kappa shape index (κ2) is 6.80. The van der Waals surface area contributed by atoms with Crippen molar-refractivity contribution in [2.24, 2.45) is 0 Å². The summed E-state index contributed by atoms with van der Waals surface area (Å²) in [5.74, 6) is 5.02. The molecule has 0 unspecified atom stereocenters. The number of carbonyl (C=O) groups excluding carboxylic acids is 1. The van der Waals surface area contributed by atoms with Gasteiger partial charge in [-0.25, -0.2) is 9.97 Å². The van der Waals surface area contributed by atoms with Crippen LogP contribution in [0.3, 0.4) is 0 Å². The van der Waals surface area contributed by atoms with E-state index in [1.54, 1.807) is 18.2 Å². The van der Waals surface area contributed by atoms with Crippen LogP contribution in [0.5, 0.6) is 0 Å². The molecule has 0 atom stereocenters. The van der Waals surface area contributed by atoms with Gasteiger partial charge in [-0.2, -0.15) is 5.26 Å². The van der Waals surface area contributed by atoms with Crippen LogP contribution in [0.15, 0.2) is 36.5 Å². The van der Waals surface area contributed by atoms with Gasteiger partial charge in [-0.3, -0.25) is 4.79 Å². The molecule has 0 aliphatic heterocycles. The quantitative estimate of drug-likeness (QED) is 0.797. The summed E-state index contributed by atoms with van der Waals surface area (Å²) >= 11 is 0. The van der Waals surface area contributed by atoms with E-state index in [9.17, 15) is 4.79 Å². The maximum absolute atomic E-state index is 12.0. The van der Waals surface area contributed by atoms with Crippen LogP contribution in [-0.4, -0.2) is 27.6 Å². The Morgan fingerprint density at radius 2 is 2.19 bits per heavy atom. The molecule has 0 aromatic carbocycles. The fourth-order valence-corrected chi connectivity index (χ4v) is 1.48. The zero-order valence-corrected chi connectivity index (χ0v) is 10.9.